The Kier molecular flexibility index (Phi) is 18.7. The number of aromatic nitrogens is 4. The van der Waals surface area contributed by atoms with Gasteiger partial charge in [0, 0.05) is 36.6 Å². The molecule has 59 heavy (non-hydrogen) atoms. The van der Waals surface area contributed by atoms with E-state index in [2.05, 4.69) is 43.5 Å². The number of amides is 2. The monoisotopic (exact) mass is 916 g/mol. The Bertz CT molecular complexity index is 1970. The number of nitrogen functional groups attached to an aromatic ring is 1. The Morgan fingerprint density at radius 2 is 1.75 bits per heavy atom. The average molecular weight is 917 g/mol. The molecule has 3 heterocycles. The molecule has 30 heteroatoms. The smallest absolute Gasteiger partial charge is 0.274 e. The van der Waals surface area contributed by atoms with Crippen molar-refractivity contribution in [2.24, 2.45) is 5.41 Å². The lowest BCUT2D eigenvalue weighted by molar-refractivity contribution is -0.347. The van der Waals surface area contributed by atoms with Crippen molar-refractivity contribution in [2.45, 2.75) is 76.6 Å². The van der Waals surface area contributed by atoms with E-state index < -0.39 is 90.5 Å². The number of rotatable bonds is 25. The summed E-state index contributed by atoms with van der Waals surface area (Å²) in [7, 11) is -17.6. The average Bonchev–Trinajstić information content (AvgIpc) is 3.69. The molecule has 1 aliphatic rings. The SMILES string of the molecule is CC(C)(COP(=O)([O-])OP(=O)([O-])OC[C@H]1O[C@@H](n2cnc3c(N)ncnc32)[C@H](O)[C@@H]1OP(=O)([O-])[O-])[C@@H](O)C(=O)NCCC(=O)NCCSC(=O)/C=C/CCCCC(=O)[O-]. The molecular formula is C29H41N7O19P3S-5. The molecule has 1 aliphatic heterocycles. The van der Waals surface area contributed by atoms with Crippen LogP contribution in [0.15, 0.2) is 24.8 Å². The molecule has 1 fully saturated rings. The van der Waals surface area contributed by atoms with Crippen molar-refractivity contribution in [3.05, 3.63) is 24.8 Å². The number of fused-ring (bicyclic) bond motifs is 1. The molecule has 0 bridgehead atoms. The standard InChI is InChI=1S/C29H46N7O19P3S/c1-29(2,24(42)27(43)32-10-9-18(37)31-11-12-59-20(40)8-6-4-3-5-7-19(38)39)14-52-58(49,50)55-57(47,48)51-13-17-23(54-56(44,45)46)22(41)28(53-17)36-16-35-21-25(30)33-15-34-26(21)36/h6,8,15-17,22-24,28,41-42H,3-5,7,9-14H2,1-2H3,(H,31,37)(H,32,43)(H,38,39)(H,47,48)(H,49,50)(H2,30,33,34)(H2,44,45,46)/p-5/b8-6+/t17-,22-,23-,24+,28-/m1/s1. The van der Waals surface area contributed by atoms with Crippen molar-refractivity contribution in [1.29, 1.82) is 0 Å². The number of carboxylic acids is 1. The fraction of sp³-hybridized carbons (Fsp3) is 0.621. The van der Waals surface area contributed by atoms with Crippen LogP contribution in [0.4, 0.5) is 5.82 Å². The second-order valence-electron chi connectivity index (χ2n) is 13.2. The minimum absolute atomic E-state index is 0.0310. The van der Waals surface area contributed by atoms with Gasteiger partial charge >= 0.3 is 0 Å². The number of aliphatic hydroxyl groups excluding tert-OH is 2. The summed E-state index contributed by atoms with van der Waals surface area (Å²) in [6.07, 6.45) is -3.30. The molecule has 2 aromatic heterocycles. The number of imidazole rings is 1. The van der Waals surface area contributed by atoms with Gasteiger partial charge in [0.1, 0.15) is 36.3 Å². The number of carbonyl (C=O) groups excluding carboxylic acids is 4. The highest BCUT2D eigenvalue weighted by atomic mass is 32.2. The van der Waals surface area contributed by atoms with E-state index in [0.717, 1.165) is 29.0 Å². The topological polar surface area (TPSA) is 415 Å². The summed E-state index contributed by atoms with van der Waals surface area (Å²) in [6, 6.07) is 0. The largest absolute Gasteiger partial charge is 0.790 e. The Hall–Kier alpha value is -3.23. The van der Waals surface area contributed by atoms with Gasteiger partial charge in [-0.05, 0) is 31.8 Å². The second kappa shape index (κ2) is 22.0. The van der Waals surface area contributed by atoms with Gasteiger partial charge in [-0.25, -0.2) is 19.3 Å². The maximum Gasteiger partial charge on any atom is 0.274 e. The number of nitrogens with zero attached hydrogens (tertiary/aromatic N) is 4. The maximum atomic E-state index is 12.5. The molecule has 0 radical (unpaired) electrons. The predicted molar refractivity (Wildman–Crippen MR) is 191 cm³/mol. The van der Waals surface area contributed by atoms with E-state index in [-0.39, 0.29) is 53.8 Å². The number of phosphoric acid groups is 3. The van der Waals surface area contributed by atoms with Gasteiger partial charge < -0.3 is 78.9 Å². The molecule has 2 aromatic rings. The number of hydrogen-bond donors (Lipinski definition) is 5. The van der Waals surface area contributed by atoms with Gasteiger partial charge in [-0.2, -0.15) is 0 Å². The highest BCUT2D eigenvalue weighted by molar-refractivity contribution is 8.14. The lowest BCUT2D eigenvalue weighted by Gasteiger charge is -2.36. The number of allylic oxidation sites excluding steroid dienone is 1. The first-order chi connectivity index (χ1) is 27.4. The zero-order valence-electron chi connectivity index (χ0n) is 31.2. The molecule has 0 aliphatic carbocycles. The summed E-state index contributed by atoms with van der Waals surface area (Å²) in [4.78, 5) is 106. The van der Waals surface area contributed by atoms with E-state index >= 15 is 0 Å². The molecule has 3 rings (SSSR count). The molecule has 0 saturated carbocycles. The first kappa shape index (κ1) is 50.1. The molecule has 2 amide bonds. The number of aliphatic hydroxyl groups is 2. The quantitative estimate of drug-likeness (QED) is 0.0360. The van der Waals surface area contributed by atoms with Gasteiger partial charge in [0.05, 0.1) is 27.4 Å². The minimum Gasteiger partial charge on any atom is -0.790 e. The van der Waals surface area contributed by atoms with Gasteiger partial charge in [0.2, 0.25) is 16.9 Å². The van der Waals surface area contributed by atoms with Crippen LogP contribution in [0.1, 0.15) is 52.2 Å². The molecule has 0 aromatic carbocycles. The van der Waals surface area contributed by atoms with E-state index in [0.29, 0.717) is 19.3 Å². The molecule has 7 atom stereocenters. The van der Waals surface area contributed by atoms with Crippen molar-refractivity contribution in [1.82, 2.24) is 30.2 Å². The number of nitrogens with one attached hydrogen (secondary N) is 2. The fourth-order valence-electron chi connectivity index (χ4n) is 5.02. The molecule has 2 unspecified atom stereocenters. The molecular weight excluding hydrogens is 875 g/mol. The van der Waals surface area contributed by atoms with Gasteiger partial charge in [0.25, 0.3) is 15.6 Å². The molecule has 1 saturated heterocycles. The van der Waals surface area contributed by atoms with Crippen LogP contribution < -0.4 is 41.0 Å². The highest BCUT2D eigenvalue weighted by Gasteiger charge is 2.47. The summed E-state index contributed by atoms with van der Waals surface area (Å²) < 4.78 is 60.4. The highest BCUT2D eigenvalue weighted by Crippen LogP contribution is 2.56. The van der Waals surface area contributed by atoms with E-state index in [9.17, 15) is 67.8 Å². The number of unbranched alkanes of at least 4 members (excludes halogenated alkanes) is 2. The zero-order chi connectivity index (χ0) is 44.2. The Morgan fingerprint density at radius 3 is 2.42 bits per heavy atom. The van der Waals surface area contributed by atoms with Crippen molar-refractivity contribution in [2.75, 3.05) is 37.8 Å². The first-order valence-electron chi connectivity index (χ1n) is 17.3. The van der Waals surface area contributed by atoms with Gasteiger partial charge in [-0.15, -0.1) is 0 Å². The Labute approximate surface area is 339 Å². The summed E-state index contributed by atoms with van der Waals surface area (Å²) in [6.45, 7) is -0.0965. The minimum atomic E-state index is -5.93. The number of carbonyl (C=O) groups is 4. The molecule has 332 valence electrons. The first-order valence-corrected chi connectivity index (χ1v) is 22.6. The van der Waals surface area contributed by atoms with Crippen LogP contribution in [0, 0.1) is 5.41 Å². The van der Waals surface area contributed by atoms with Crippen LogP contribution in [0.2, 0.25) is 0 Å². The lowest BCUT2D eigenvalue weighted by atomic mass is 9.87. The molecule has 26 nitrogen and oxygen atoms in total. The third-order valence-corrected chi connectivity index (χ3v) is 11.8. The number of thioether (sulfide) groups is 1. The molecule has 0 spiro atoms. The number of phosphoric ester groups is 3. The van der Waals surface area contributed by atoms with Gasteiger partial charge in [-0.1, -0.05) is 31.7 Å². The Morgan fingerprint density at radius 1 is 1.05 bits per heavy atom. The van der Waals surface area contributed by atoms with Crippen molar-refractivity contribution in [3.8, 4) is 0 Å². The van der Waals surface area contributed by atoms with Crippen LogP contribution in [0.25, 0.3) is 11.2 Å². The number of nitrogens with two attached hydrogens (primary N) is 1. The van der Waals surface area contributed by atoms with E-state index in [1.54, 1.807) is 6.08 Å². The zero-order valence-corrected chi connectivity index (χ0v) is 34.7. The van der Waals surface area contributed by atoms with Crippen LogP contribution in [0.5, 0.6) is 0 Å². The number of aliphatic carboxylic acids is 1. The summed E-state index contributed by atoms with van der Waals surface area (Å²) in [5, 5.41) is 36.2. The van der Waals surface area contributed by atoms with Gasteiger partial charge in [0.15, 0.2) is 17.7 Å². The summed E-state index contributed by atoms with van der Waals surface area (Å²) >= 11 is 0.936. The van der Waals surface area contributed by atoms with Crippen molar-refractivity contribution < 1.29 is 90.4 Å². The number of ether oxygens (including phenoxy) is 1. The number of hydrogen-bond acceptors (Lipinski definition) is 24. The fourth-order valence-corrected chi connectivity index (χ4v) is 8.35. The summed E-state index contributed by atoms with van der Waals surface area (Å²) in [5.74, 6) is -2.54. The molecule has 6 N–H and O–H groups in total. The van der Waals surface area contributed by atoms with E-state index in [1.165, 1.54) is 19.9 Å². The van der Waals surface area contributed by atoms with Gasteiger partial charge in [-0.3, -0.25) is 28.1 Å². The summed E-state index contributed by atoms with van der Waals surface area (Å²) in [5.41, 5.74) is 4.02. The van der Waals surface area contributed by atoms with Crippen molar-refractivity contribution in [3.63, 3.8) is 0 Å². The number of carboxylic acid groups (broad SMARTS) is 1. The predicted octanol–water partition coefficient (Wildman–Crippen LogP) is -4.00. The van der Waals surface area contributed by atoms with E-state index in [4.69, 9.17) is 10.5 Å². The van der Waals surface area contributed by atoms with Crippen LogP contribution in [0.3, 0.4) is 0 Å². The third-order valence-electron chi connectivity index (χ3n) is 7.98. The Balaban J connectivity index is 1.43. The van der Waals surface area contributed by atoms with Crippen LogP contribution in [-0.4, -0.2) is 109 Å². The van der Waals surface area contributed by atoms with Crippen LogP contribution in [-0.2, 0) is 55.5 Å². The number of anilines is 1. The lowest BCUT2D eigenvalue weighted by Crippen LogP contribution is -2.46. The third kappa shape index (κ3) is 16.6. The maximum absolute atomic E-state index is 12.5. The second-order valence-corrected chi connectivity index (χ2v) is 18.3. The van der Waals surface area contributed by atoms with E-state index in [1.807, 2.05) is 0 Å². The van der Waals surface area contributed by atoms with Crippen LogP contribution >= 0.6 is 35.2 Å². The normalized spacial score (nSPS) is 21.2. The van der Waals surface area contributed by atoms with Crippen molar-refractivity contribution >= 4 is 75.1 Å².